The second kappa shape index (κ2) is 5.49. The van der Waals surface area contributed by atoms with Crippen molar-refractivity contribution in [2.75, 3.05) is 26.2 Å². The first-order chi connectivity index (χ1) is 8.59. The van der Waals surface area contributed by atoms with Crippen LogP contribution in [-0.2, 0) is 4.79 Å². The smallest absolute Gasteiger partial charge is 0.254 e. The molecule has 2 amide bonds. The molecule has 1 aromatic rings. The third kappa shape index (κ3) is 2.70. The van der Waals surface area contributed by atoms with Crippen molar-refractivity contribution < 1.29 is 9.59 Å². The van der Waals surface area contributed by atoms with Crippen LogP contribution in [0.1, 0.15) is 17.3 Å². The van der Waals surface area contributed by atoms with Crippen molar-refractivity contribution in [2.24, 2.45) is 5.73 Å². The van der Waals surface area contributed by atoms with Gasteiger partial charge in [-0.05, 0) is 18.4 Å². The molecule has 0 unspecified atom stereocenters. The number of hydrogen-bond donors (Lipinski definition) is 1. The molecule has 1 atom stereocenters. The van der Waals surface area contributed by atoms with E-state index in [-0.39, 0.29) is 11.8 Å². The van der Waals surface area contributed by atoms with Crippen LogP contribution in [0.4, 0.5) is 0 Å². The van der Waals surface area contributed by atoms with Crippen LogP contribution in [0.3, 0.4) is 0 Å². The van der Waals surface area contributed by atoms with Crippen LogP contribution in [-0.4, -0.2) is 53.8 Å². The zero-order chi connectivity index (χ0) is 13.1. The highest BCUT2D eigenvalue weighted by Gasteiger charge is 2.26. The SMILES string of the molecule is C[C@@H](N)C(=O)N1CCN(C(=O)c2ccsc2)CC1. The second-order valence-electron chi connectivity index (χ2n) is 4.42. The Morgan fingerprint density at radius 3 is 2.39 bits per heavy atom. The lowest BCUT2D eigenvalue weighted by molar-refractivity contribution is -0.133. The van der Waals surface area contributed by atoms with Gasteiger partial charge < -0.3 is 15.5 Å². The quantitative estimate of drug-likeness (QED) is 0.842. The summed E-state index contributed by atoms with van der Waals surface area (Å²) in [4.78, 5) is 27.3. The van der Waals surface area contributed by atoms with E-state index in [2.05, 4.69) is 0 Å². The Labute approximate surface area is 110 Å². The Hall–Kier alpha value is -1.40. The third-order valence-corrected chi connectivity index (χ3v) is 3.72. The molecule has 6 heteroatoms. The van der Waals surface area contributed by atoms with Crippen LogP contribution in [0.2, 0.25) is 0 Å². The Morgan fingerprint density at radius 2 is 1.89 bits per heavy atom. The van der Waals surface area contributed by atoms with Crippen LogP contribution in [0.5, 0.6) is 0 Å². The van der Waals surface area contributed by atoms with Gasteiger partial charge in [0.2, 0.25) is 5.91 Å². The van der Waals surface area contributed by atoms with Crippen LogP contribution in [0.25, 0.3) is 0 Å². The maximum absolute atomic E-state index is 12.1. The number of nitrogens with two attached hydrogens (primary N) is 1. The Balaban J connectivity index is 1.91. The molecule has 0 radical (unpaired) electrons. The lowest BCUT2D eigenvalue weighted by atomic mass is 10.2. The summed E-state index contributed by atoms with van der Waals surface area (Å²) in [7, 11) is 0. The van der Waals surface area contributed by atoms with Crippen molar-refractivity contribution in [1.82, 2.24) is 9.80 Å². The van der Waals surface area contributed by atoms with E-state index in [0.29, 0.717) is 26.2 Å². The molecule has 1 saturated heterocycles. The summed E-state index contributed by atoms with van der Waals surface area (Å²) in [6.07, 6.45) is 0. The molecule has 0 aliphatic carbocycles. The summed E-state index contributed by atoms with van der Waals surface area (Å²) < 4.78 is 0. The van der Waals surface area contributed by atoms with E-state index < -0.39 is 6.04 Å². The Bertz CT molecular complexity index is 423. The van der Waals surface area contributed by atoms with Crippen molar-refractivity contribution in [2.45, 2.75) is 13.0 Å². The van der Waals surface area contributed by atoms with E-state index in [1.54, 1.807) is 16.7 Å². The number of carbonyl (C=O) groups is 2. The van der Waals surface area contributed by atoms with E-state index >= 15 is 0 Å². The first-order valence-corrected chi connectivity index (χ1v) is 6.89. The molecule has 18 heavy (non-hydrogen) atoms. The topological polar surface area (TPSA) is 66.6 Å². The average molecular weight is 267 g/mol. The molecular formula is C12H17N3O2S. The van der Waals surface area contributed by atoms with Gasteiger partial charge in [0.15, 0.2) is 0 Å². The summed E-state index contributed by atoms with van der Waals surface area (Å²) >= 11 is 1.51. The number of amides is 2. The molecule has 0 saturated carbocycles. The molecule has 1 fully saturated rings. The van der Waals surface area contributed by atoms with E-state index in [1.807, 2.05) is 16.8 Å². The zero-order valence-corrected chi connectivity index (χ0v) is 11.2. The summed E-state index contributed by atoms with van der Waals surface area (Å²) in [5.74, 6) is 0.00165. The van der Waals surface area contributed by atoms with Crippen LogP contribution >= 0.6 is 11.3 Å². The van der Waals surface area contributed by atoms with Gasteiger partial charge in [0.1, 0.15) is 0 Å². The highest BCUT2D eigenvalue weighted by molar-refractivity contribution is 7.08. The summed E-state index contributed by atoms with van der Waals surface area (Å²) in [6.45, 7) is 3.97. The van der Waals surface area contributed by atoms with Gasteiger partial charge in [-0.3, -0.25) is 9.59 Å². The lowest BCUT2D eigenvalue weighted by Crippen LogP contribution is -2.53. The second-order valence-corrected chi connectivity index (χ2v) is 5.20. The van der Waals surface area contributed by atoms with Crippen molar-refractivity contribution in [1.29, 1.82) is 0 Å². The monoisotopic (exact) mass is 267 g/mol. The molecule has 1 aliphatic rings. The number of piperazine rings is 1. The van der Waals surface area contributed by atoms with Gasteiger partial charge in [-0.25, -0.2) is 0 Å². The van der Waals surface area contributed by atoms with Gasteiger partial charge in [-0.2, -0.15) is 11.3 Å². The fraction of sp³-hybridized carbons (Fsp3) is 0.500. The fourth-order valence-electron chi connectivity index (χ4n) is 1.99. The maximum atomic E-state index is 12.1. The fourth-order valence-corrected chi connectivity index (χ4v) is 2.62. The first kappa shape index (κ1) is 13.0. The standard InChI is InChI=1S/C12H17N3O2S/c1-9(13)11(16)14-3-5-15(6-4-14)12(17)10-2-7-18-8-10/h2,7-9H,3-6,13H2,1H3/t9-/m1/s1. The van der Waals surface area contributed by atoms with Gasteiger partial charge in [0.05, 0.1) is 11.6 Å². The number of nitrogens with zero attached hydrogens (tertiary/aromatic N) is 2. The highest BCUT2D eigenvalue weighted by Crippen LogP contribution is 2.12. The normalized spacial score (nSPS) is 17.7. The van der Waals surface area contributed by atoms with Crippen molar-refractivity contribution in [3.05, 3.63) is 22.4 Å². The molecule has 2 rings (SSSR count). The molecule has 98 valence electrons. The molecule has 2 N–H and O–H groups in total. The van der Waals surface area contributed by atoms with E-state index in [4.69, 9.17) is 5.73 Å². The summed E-state index contributed by atoms with van der Waals surface area (Å²) in [6, 6.07) is 1.36. The van der Waals surface area contributed by atoms with Crippen LogP contribution in [0, 0.1) is 0 Å². The van der Waals surface area contributed by atoms with Crippen LogP contribution < -0.4 is 5.73 Å². The predicted octanol–water partition coefficient (Wildman–Crippen LogP) is 0.380. The summed E-state index contributed by atoms with van der Waals surface area (Å²) in [5.41, 5.74) is 6.30. The minimum atomic E-state index is -0.468. The van der Waals surface area contributed by atoms with Gasteiger partial charge in [-0.15, -0.1) is 0 Å². The van der Waals surface area contributed by atoms with Crippen molar-refractivity contribution in [3.63, 3.8) is 0 Å². The zero-order valence-electron chi connectivity index (χ0n) is 10.3. The lowest BCUT2D eigenvalue weighted by Gasteiger charge is -2.35. The number of carbonyl (C=O) groups excluding carboxylic acids is 2. The molecule has 0 aromatic carbocycles. The molecule has 2 heterocycles. The highest BCUT2D eigenvalue weighted by atomic mass is 32.1. The van der Waals surface area contributed by atoms with Gasteiger partial charge in [0.25, 0.3) is 5.91 Å². The van der Waals surface area contributed by atoms with Gasteiger partial charge in [0, 0.05) is 31.6 Å². The molecule has 0 spiro atoms. The van der Waals surface area contributed by atoms with Gasteiger partial charge >= 0.3 is 0 Å². The van der Waals surface area contributed by atoms with Gasteiger partial charge in [-0.1, -0.05) is 0 Å². The number of hydrogen-bond acceptors (Lipinski definition) is 4. The van der Waals surface area contributed by atoms with Crippen molar-refractivity contribution in [3.8, 4) is 0 Å². The minimum Gasteiger partial charge on any atom is -0.338 e. The molecule has 1 aromatic heterocycles. The molecule has 1 aliphatic heterocycles. The number of rotatable bonds is 2. The van der Waals surface area contributed by atoms with Crippen molar-refractivity contribution >= 4 is 23.2 Å². The van der Waals surface area contributed by atoms with E-state index in [1.165, 1.54) is 11.3 Å². The minimum absolute atomic E-state index is 0.0439. The maximum Gasteiger partial charge on any atom is 0.254 e. The van der Waals surface area contributed by atoms with Crippen LogP contribution in [0.15, 0.2) is 16.8 Å². The largest absolute Gasteiger partial charge is 0.338 e. The number of thiophene rings is 1. The summed E-state index contributed by atoms with van der Waals surface area (Å²) in [5, 5.41) is 3.74. The molecule has 5 nitrogen and oxygen atoms in total. The third-order valence-electron chi connectivity index (χ3n) is 3.04. The van der Waals surface area contributed by atoms with E-state index in [9.17, 15) is 9.59 Å². The predicted molar refractivity (Wildman–Crippen MR) is 70.5 cm³/mol. The molecular weight excluding hydrogens is 250 g/mol. The molecule has 0 bridgehead atoms. The Kier molecular flexibility index (Phi) is 3.98. The average Bonchev–Trinajstić information content (AvgIpc) is 2.91. The van der Waals surface area contributed by atoms with E-state index in [0.717, 1.165) is 5.56 Å². The first-order valence-electron chi connectivity index (χ1n) is 5.95. The Morgan fingerprint density at radius 1 is 1.28 bits per heavy atom.